The Morgan fingerprint density at radius 1 is 1.50 bits per heavy atom. The van der Waals surface area contributed by atoms with E-state index in [1.54, 1.807) is 17.0 Å². The minimum atomic E-state index is -1.18. The van der Waals surface area contributed by atoms with Crippen molar-refractivity contribution in [2.24, 2.45) is 10.9 Å². The highest BCUT2D eigenvalue weighted by molar-refractivity contribution is 8.00. The molecule has 1 aromatic heterocycles. The monoisotopic (exact) mass is 410 g/mol. The molecule has 0 bridgehead atoms. The van der Waals surface area contributed by atoms with Crippen molar-refractivity contribution in [3.63, 3.8) is 0 Å². The molecule has 1 aromatic rings. The molecule has 2 aliphatic rings. The van der Waals surface area contributed by atoms with Crippen LogP contribution in [0, 0.1) is 0 Å². The molecule has 28 heavy (non-hydrogen) atoms. The molecule has 0 spiro atoms. The van der Waals surface area contributed by atoms with Gasteiger partial charge in [-0.3, -0.25) is 4.79 Å². The molecule has 0 radical (unpaired) electrons. The van der Waals surface area contributed by atoms with E-state index in [1.807, 2.05) is 0 Å². The summed E-state index contributed by atoms with van der Waals surface area (Å²) in [6, 6.07) is 3.16. The van der Waals surface area contributed by atoms with Crippen LogP contribution in [0.4, 0.5) is 4.79 Å². The number of carbonyl (C=O) groups excluding carboxylic acids is 2. The van der Waals surface area contributed by atoms with E-state index in [4.69, 9.17) is 19.7 Å². The molecule has 3 rings (SSSR count). The summed E-state index contributed by atoms with van der Waals surface area (Å²) in [5.41, 5.74) is 5.29. The molecule has 12 heteroatoms. The Morgan fingerprint density at radius 3 is 2.89 bits per heavy atom. The molecule has 0 aromatic carbocycles. The number of nitrogens with two attached hydrogens (primary N) is 1. The first-order valence-corrected chi connectivity index (χ1v) is 9.20. The molecule has 11 nitrogen and oxygen atoms in total. The topological polar surface area (TPSA) is 157 Å². The summed E-state index contributed by atoms with van der Waals surface area (Å²) in [6.07, 6.45) is 0.369. The highest BCUT2D eigenvalue weighted by Gasteiger charge is 2.47. The standard InChI is InChI=1S/C16H18N4O7S/c1-25-19-12(9-3-2-4-26-9)14(21)18-10-5-11-20(10)13(15(22)23)8(7-28-11)6-27-16(17)24/h2-4,10-11H,5-7H2,1H3,(H2,17,24)(H,18,21)(H,22,23)/b19-12+. The largest absolute Gasteiger partial charge is 0.477 e. The van der Waals surface area contributed by atoms with Crippen LogP contribution in [0.2, 0.25) is 0 Å². The van der Waals surface area contributed by atoms with Crippen LogP contribution < -0.4 is 11.1 Å². The van der Waals surface area contributed by atoms with E-state index >= 15 is 0 Å². The number of carbonyl (C=O) groups is 3. The van der Waals surface area contributed by atoms with Crippen LogP contribution in [0.25, 0.3) is 0 Å². The summed E-state index contributed by atoms with van der Waals surface area (Å²) < 4.78 is 9.93. The maximum absolute atomic E-state index is 12.6. The smallest absolute Gasteiger partial charge is 0.404 e. The molecule has 4 N–H and O–H groups in total. The Morgan fingerprint density at radius 2 is 2.29 bits per heavy atom. The average molecular weight is 410 g/mol. The van der Waals surface area contributed by atoms with Gasteiger partial charge in [0.2, 0.25) is 5.71 Å². The third kappa shape index (κ3) is 3.91. The molecule has 1 saturated heterocycles. The first kappa shape index (κ1) is 19.6. The lowest BCUT2D eigenvalue weighted by molar-refractivity contribution is -0.137. The van der Waals surface area contributed by atoms with E-state index in [9.17, 15) is 19.5 Å². The fraction of sp³-hybridized carbons (Fsp3) is 0.375. The number of amides is 2. The van der Waals surface area contributed by atoms with Crippen LogP contribution in [-0.2, 0) is 19.2 Å². The number of fused-ring (bicyclic) bond motifs is 1. The molecule has 0 aliphatic carbocycles. The molecule has 150 valence electrons. The van der Waals surface area contributed by atoms with Crippen molar-refractivity contribution in [3.8, 4) is 0 Å². The highest BCUT2D eigenvalue weighted by Crippen LogP contribution is 2.42. The van der Waals surface area contributed by atoms with Gasteiger partial charge in [0.1, 0.15) is 25.6 Å². The Hall–Kier alpha value is -3.15. The highest BCUT2D eigenvalue weighted by atomic mass is 32.2. The second kappa shape index (κ2) is 8.25. The molecule has 2 aliphatic heterocycles. The normalized spacial score (nSPS) is 21.5. The molecule has 2 unspecified atom stereocenters. The van der Waals surface area contributed by atoms with Crippen molar-refractivity contribution in [3.05, 3.63) is 35.4 Å². The van der Waals surface area contributed by atoms with Crippen molar-refractivity contribution in [1.29, 1.82) is 0 Å². The van der Waals surface area contributed by atoms with E-state index in [1.165, 1.54) is 25.1 Å². The van der Waals surface area contributed by atoms with Gasteiger partial charge in [-0.2, -0.15) is 0 Å². The van der Waals surface area contributed by atoms with Gasteiger partial charge in [0.05, 0.1) is 11.6 Å². The van der Waals surface area contributed by atoms with Gasteiger partial charge < -0.3 is 35.0 Å². The Balaban J connectivity index is 1.78. The number of thioether (sulfide) groups is 1. The molecule has 2 atom stereocenters. The Kier molecular flexibility index (Phi) is 5.78. The minimum absolute atomic E-state index is 0.00946. The second-order valence-corrected chi connectivity index (χ2v) is 7.03. The van der Waals surface area contributed by atoms with Crippen molar-refractivity contribution in [2.45, 2.75) is 18.0 Å². The van der Waals surface area contributed by atoms with E-state index in [2.05, 4.69) is 10.5 Å². The van der Waals surface area contributed by atoms with Gasteiger partial charge >= 0.3 is 12.1 Å². The van der Waals surface area contributed by atoms with Crippen LogP contribution >= 0.6 is 11.8 Å². The number of hydrogen-bond acceptors (Lipinski definition) is 9. The van der Waals surface area contributed by atoms with E-state index in [0.29, 0.717) is 17.7 Å². The number of carboxylic acid groups (broad SMARTS) is 1. The lowest BCUT2D eigenvalue weighted by Gasteiger charge is -2.52. The Bertz CT molecular complexity index is 836. The quantitative estimate of drug-likeness (QED) is 0.424. The van der Waals surface area contributed by atoms with Crippen LogP contribution in [0.15, 0.2) is 39.2 Å². The number of carboxylic acids is 1. The van der Waals surface area contributed by atoms with Crippen LogP contribution in [-0.4, -0.2) is 64.7 Å². The summed E-state index contributed by atoms with van der Waals surface area (Å²) in [5, 5.41) is 15.9. The van der Waals surface area contributed by atoms with Crippen LogP contribution in [0.5, 0.6) is 0 Å². The van der Waals surface area contributed by atoms with Crippen molar-refractivity contribution in [1.82, 2.24) is 10.2 Å². The zero-order chi connectivity index (χ0) is 20.3. The molecular weight excluding hydrogens is 392 g/mol. The molecule has 0 saturated carbocycles. The third-order valence-corrected chi connectivity index (χ3v) is 5.47. The second-order valence-electron chi connectivity index (χ2n) is 5.86. The maximum Gasteiger partial charge on any atom is 0.404 e. The van der Waals surface area contributed by atoms with E-state index in [0.717, 1.165) is 0 Å². The predicted octanol–water partition coefficient (Wildman–Crippen LogP) is 0.285. The number of hydrogen-bond donors (Lipinski definition) is 3. The number of primary amides is 1. The number of nitrogens with zero attached hydrogens (tertiary/aromatic N) is 2. The molecule has 1 fully saturated rings. The third-order valence-electron chi connectivity index (χ3n) is 4.16. The van der Waals surface area contributed by atoms with Gasteiger partial charge in [0.25, 0.3) is 5.91 Å². The van der Waals surface area contributed by atoms with Gasteiger partial charge in [-0.25, -0.2) is 9.59 Å². The van der Waals surface area contributed by atoms with Gasteiger partial charge in [0.15, 0.2) is 5.76 Å². The van der Waals surface area contributed by atoms with Crippen LogP contribution in [0.1, 0.15) is 12.2 Å². The number of rotatable bonds is 7. The number of furan rings is 1. The van der Waals surface area contributed by atoms with Crippen molar-refractivity contribution in [2.75, 3.05) is 19.5 Å². The fourth-order valence-electron chi connectivity index (χ4n) is 2.96. The fourth-order valence-corrected chi connectivity index (χ4v) is 4.30. The first-order valence-electron chi connectivity index (χ1n) is 8.15. The predicted molar refractivity (Wildman–Crippen MR) is 97.1 cm³/mol. The first-order chi connectivity index (χ1) is 13.4. The molecular formula is C16H18N4O7S. The minimum Gasteiger partial charge on any atom is -0.477 e. The zero-order valence-corrected chi connectivity index (χ0v) is 15.6. The number of nitrogens with one attached hydrogen (secondary N) is 1. The summed E-state index contributed by atoms with van der Waals surface area (Å²) in [7, 11) is 1.30. The Labute approximate surface area is 163 Å². The average Bonchev–Trinajstić information content (AvgIpc) is 3.16. The number of oxime groups is 1. The number of aliphatic carboxylic acids is 1. The summed E-state index contributed by atoms with van der Waals surface area (Å²) in [4.78, 5) is 41.6. The van der Waals surface area contributed by atoms with Gasteiger partial charge in [-0.1, -0.05) is 5.16 Å². The maximum atomic E-state index is 12.6. The summed E-state index contributed by atoms with van der Waals surface area (Å²) in [5.74, 6) is -1.15. The summed E-state index contributed by atoms with van der Waals surface area (Å²) >= 11 is 1.49. The van der Waals surface area contributed by atoms with Crippen molar-refractivity contribution >= 4 is 35.4 Å². The molecule has 3 heterocycles. The number of ether oxygens (including phenoxy) is 1. The van der Waals surface area contributed by atoms with Crippen molar-refractivity contribution < 1.29 is 33.5 Å². The molecule has 2 amide bonds. The van der Waals surface area contributed by atoms with Gasteiger partial charge in [0, 0.05) is 17.7 Å². The van der Waals surface area contributed by atoms with E-state index in [-0.39, 0.29) is 29.1 Å². The van der Waals surface area contributed by atoms with Crippen LogP contribution in [0.3, 0.4) is 0 Å². The lowest BCUT2D eigenvalue weighted by Crippen LogP contribution is -2.64. The van der Waals surface area contributed by atoms with Gasteiger partial charge in [-0.15, -0.1) is 11.8 Å². The van der Waals surface area contributed by atoms with Gasteiger partial charge in [-0.05, 0) is 12.1 Å². The lowest BCUT2D eigenvalue weighted by atomic mass is 10.0. The SMILES string of the molecule is CO/N=C(/C(=O)NC1CC2SCC(COC(N)=O)=C(C(=O)O)N12)c1ccco1. The summed E-state index contributed by atoms with van der Waals surface area (Å²) in [6.45, 7) is -0.226. The van der Waals surface area contributed by atoms with E-state index < -0.39 is 24.1 Å². The zero-order valence-electron chi connectivity index (χ0n) is 14.8.